The van der Waals surface area contributed by atoms with Gasteiger partial charge in [0.25, 0.3) is 0 Å². The van der Waals surface area contributed by atoms with E-state index in [-0.39, 0.29) is 6.04 Å². The van der Waals surface area contributed by atoms with Crippen LogP contribution in [0.1, 0.15) is 11.1 Å². The molecule has 0 aliphatic rings. The van der Waals surface area contributed by atoms with Gasteiger partial charge in [-0.1, -0.05) is 18.2 Å². The summed E-state index contributed by atoms with van der Waals surface area (Å²) in [7, 11) is 12.9. The van der Waals surface area contributed by atoms with Crippen LogP contribution >= 0.6 is 0 Å². The first-order chi connectivity index (χ1) is 12.6. The van der Waals surface area contributed by atoms with Crippen LogP contribution in [-0.2, 0) is 6.42 Å². The Morgan fingerprint density at radius 2 is 1.65 bits per heavy atom. The van der Waals surface area contributed by atoms with E-state index in [2.05, 4.69) is 32.3 Å². The van der Waals surface area contributed by atoms with Gasteiger partial charge in [0.05, 0.1) is 21.3 Å². The molecule has 0 saturated carbocycles. The first kappa shape index (κ1) is 19.8. The normalized spacial score (nSPS) is 12.6. The molecule has 5 heteroatoms. The van der Waals surface area contributed by atoms with Crippen LogP contribution in [0.4, 0.5) is 0 Å². The predicted octanol–water partition coefficient (Wildman–Crippen LogP) is 1.37. The molecule has 2 aromatic carbocycles. The summed E-state index contributed by atoms with van der Waals surface area (Å²) in [5.41, 5.74) is 3.35. The van der Waals surface area contributed by atoms with Crippen molar-refractivity contribution >= 4 is 6.08 Å². The van der Waals surface area contributed by atoms with Crippen LogP contribution < -0.4 is 24.8 Å². The monoisotopic (exact) mass is 356 g/mol. The fourth-order valence-corrected chi connectivity index (χ4v) is 2.81. The second kappa shape index (κ2) is 9.85. The molecule has 4 N–H and O–H groups in total. The van der Waals surface area contributed by atoms with E-state index in [9.17, 15) is 0 Å². The molecule has 0 heterocycles. The standard InChI is InChI=1S/C21H28N2O3/c1-22-18(12-15-6-9-17(24-3)10-7-15)19(23-2)13-16-8-11-20(25-4)21(14-16)26-5/h6-11,13-14,18H,1-2,12,22-23H2,3-5H3/b19-13-/t18-/m0/s1. The van der Waals surface area contributed by atoms with Crippen molar-refractivity contribution < 1.29 is 24.8 Å². The molecular formula is C21H28N2O3. The molecule has 0 fully saturated rings. The lowest BCUT2D eigenvalue weighted by atomic mass is 10.0. The molecule has 0 amide bonds. The highest BCUT2D eigenvalue weighted by atomic mass is 16.5. The predicted molar refractivity (Wildman–Crippen MR) is 103 cm³/mol. The molecule has 2 rings (SSSR count). The molecule has 0 aliphatic carbocycles. The van der Waals surface area contributed by atoms with Crippen molar-refractivity contribution in [2.75, 3.05) is 21.3 Å². The summed E-state index contributed by atoms with van der Waals surface area (Å²) in [6, 6.07) is 14.1. The molecule has 26 heavy (non-hydrogen) atoms. The van der Waals surface area contributed by atoms with Gasteiger partial charge < -0.3 is 24.8 Å². The summed E-state index contributed by atoms with van der Waals surface area (Å²) < 4.78 is 15.9. The SMILES string of the molecule is [CH2-][NH2+]/C(=C\c1ccc(OC)c(OC)c1)[C@H](Cc1ccc(OC)cc1)[NH2+][CH2-]. The summed E-state index contributed by atoms with van der Waals surface area (Å²) in [5.74, 6) is 2.27. The van der Waals surface area contributed by atoms with Gasteiger partial charge in [0.2, 0.25) is 0 Å². The highest BCUT2D eigenvalue weighted by molar-refractivity contribution is 5.57. The van der Waals surface area contributed by atoms with Gasteiger partial charge in [-0.3, -0.25) is 0 Å². The maximum atomic E-state index is 5.38. The maximum absolute atomic E-state index is 5.38. The van der Waals surface area contributed by atoms with E-state index in [1.165, 1.54) is 5.56 Å². The number of rotatable bonds is 9. The van der Waals surface area contributed by atoms with Crippen molar-refractivity contribution in [1.29, 1.82) is 0 Å². The van der Waals surface area contributed by atoms with Crippen LogP contribution in [-0.4, -0.2) is 27.4 Å². The van der Waals surface area contributed by atoms with E-state index < -0.39 is 0 Å². The zero-order valence-electron chi connectivity index (χ0n) is 15.7. The summed E-state index contributed by atoms with van der Waals surface area (Å²) >= 11 is 0. The lowest BCUT2D eigenvalue weighted by molar-refractivity contribution is -0.666. The Hall–Kier alpha value is -2.50. The topological polar surface area (TPSA) is 60.9 Å². The average Bonchev–Trinajstić information content (AvgIpc) is 2.70. The molecule has 0 radical (unpaired) electrons. The Kier molecular flexibility index (Phi) is 7.51. The number of methoxy groups -OCH3 is 3. The Balaban J connectivity index is 2.23. The number of hydrogen-bond acceptors (Lipinski definition) is 3. The van der Waals surface area contributed by atoms with Crippen molar-refractivity contribution in [1.82, 2.24) is 0 Å². The first-order valence-electron chi connectivity index (χ1n) is 8.46. The minimum Gasteiger partial charge on any atom is -0.497 e. The largest absolute Gasteiger partial charge is 0.497 e. The van der Waals surface area contributed by atoms with E-state index in [0.717, 1.165) is 23.4 Å². The second-order valence-electron chi connectivity index (χ2n) is 5.86. The van der Waals surface area contributed by atoms with Crippen molar-refractivity contribution in [2.45, 2.75) is 12.5 Å². The average molecular weight is 356 g/mol. The molecule has 0 spiro atoms. The third-order valence-corrected chi connectivity index (χ3v) is 4.30. The molecule has 0 saturated heterocycles. The smallest absolute Gasteiger partial charge is 0.161 e. The summed E-state index contributed by atoms with van der Waals surface area (Å²) in [6.07, 6.45) is 2.95. The van der Waals surface area contributed by atoms with E-state index in [1.54, 1.807) is 21.3 Å². The van der Waals surface area contributed by atoms with E-state index in [1.807, 2.05) is 41.0 Å². The third-order valence-electron chi connectivity index (χ3n) is 4.30. The van der Waals surface area contributed by atoms with Crippen LogP contribution in [0.25, 0.3) is 6.08 Å². The second-order valence-corrected chi connectivity index (χ2v) is 5.86. The maximum Gasteiger partial charge on any atom is 0.161 e. The summed E-state index contributed by atoms with van der Waals surface area (Å²) in [4.78, 5) is 0. The minimum absolute atomic E-state index is 0.161. The highest BCUT2D eigenvalue weighted by Crippen LogP contribution is 2.28. The van der Waals surface area contributed by atoms with E-state index in [0.29, 0.717) is 11.5 Å². The number of quaternary nitrogens is 2. The molecule has 140 valence electrons. The summed E-state index contributed by atoms with van der Waals surface area (Å²) in [6.45, 7) is 0. The van der Waals surface area contributed by atoms with Gasteiger partial charge in [-0.2, -0.15) is 7.05 Å². The van der Waals surface area contributed by atoms with Gasteiger partial charge in [0, 0.05) is 12.5 Å². The van der Waals surface area contributed by atoms with Gasteiger partial charge in [-0.05, 0) is 35.4 Å². The third kappa shape index (κ3) is 5.00. The van der Waals surface area contributed by atoms with Gasteiger partial charge in [0.15, 0.2) is 11.5 Å². The van der Waals surface area contributed by atoms with Crippen molar-refractivity contribution in [3.8, 4) is 17.2 Å². The summed E-state index contributed by atoms with van der Waals surface area (Å²) in [5, 5.41) is 3.84. The van der Waals surface area contributed by atoms with E-state index in [4.69, 9.17) is 14.2 Å². The Morgan fingerprint density at radius 1 is 0.962 bits per heavy atom. The fraction of sp³-hybridized carbons (Fsp3) is 0.238. The van der Waals surface area contributed by atoms with Crippen molar-refractivity contribution in [3.63, 3.8) is 0 Å². The van der Waals surface area contributed by atoms with Gasteiger partial charge in [-0.15, -0.1) is 7.05 Å². The van der Waals surface area contributed by atoms with E-state index >= 15 is 0 Å². The molecule has 0 aliphatic heterocycles. The van der Waals surface area contributed by atoms with Gasteiger partial charge in [0.1, 0.15) is 17.5 Å². The van der Waals surface area contributed by atoms with Crippen molar-refractivity contribution in [2.24, 2.45) is 0 Å². The Morgan fingerprint density at radius 3 is 2.19 bits per heavy atom. The van der Waals surface area contributed by atoms with Crippen LogP contribution in [0.2, 0.25) is 0 Å². The molecule has 0 unspecified atom stereocenters. The van der Waals surface area contributed by atoms with Crippen LogP contribution in [0.15, 0.2) is 48.2 Å². The molecular weight excluding hydrogens is 328 g/mol. The van der Waals surface area contributed by atoms with Gasteiger partial charge in [-0.25, -0.2) is 0 Å². The quantitative estimate of drug-likeness (QED) is 0.667. The lowest BCUT2D eigenvalue weighted by Gasteiger charge is -2.19. The highest BCUT2D eigenvalue weighted by Gasteiger charge is 2.16. The number of ether oxygens (including phenoxy) is 3. The zero-order valence-corrected chi connectivity index (χ0v) is 15.7. The molecule has 1 atom stereocenters. The fourth-order valence-electron chi connectivity index (χ4n) is 2.81. The zero-order chi connectivity index (χ0) is 18.9. The molecule has 0 bridgehead atoms. The Labute approximate surface area is 156 Å². The number of hydrogen-bond donors (Lipinski definition) is 2. The molecule has 2 aromatic rings. The Bertz CT molecular complexity index is 727. The van der Waals surface area contributed by atoms with Crippen LogP contribution in [0, 0.1) is 14.1 Å². The number of nitrogens with two attached hydrogens (primary N) is 2. The first-order valence-corrected chi connectivity index (χ1v) is 8.46. The minimum atomic E-state index is 0.161. The van der Waals surface area contributed by atoms with Crippen molar-refractivity contribution in [3.05, 3.63) is 73.4 Å². The van der Waals surface area contributed by atoms with Crippen LogP contribution in [0.3, 0.4) is 0 Å². The molecule has 5 nitrogen and oxygen atoms in total. The number of benzene rings is 2. The lowest BCUT2D eigenvalue weighted by Crippen LogP contribution is -2.92. The van der Waals surface area contributed by atoms with Crippen LogP contribution in [0.5, 0.6) is 17.2 Å². The van der Waals surface area contributed by atoms with Gasteiger partial charge >= 0.3 is 0 Å². The molecule has 0 aromatic heterocycles.